The first-order valence-corrected chi connectivity index (χ1v) is 6.24. The highest BCUT2D eigenvalue weighted by Crippen LogP contribution is 2.23. The van der Waals surface area contributed by atoms with Crippen molar-refractivity contribution in [1.82, 2.24) is 4.90 Å². The molecule has 0 aliphatic carbocycles. The van der Waals surface area contributed by atoms with Gasteiger partial charge in [-0.15, -0.1) is 0 Å². The molecule has 3 heteroatoms. The van der Waals surface area contributed by atoms with Crippen molar-refractivity contribution in [3.63, 3.8) is 0 Å². The zero-order valence-electron chi connectivity index (χ0n) is 11.1. The van der Waals surface area contributed by atoms with Crippen LogP contribution in [0.1, 0.15) is 11.1 Å². The standard InChI is InChI=1S/C14H22N2O/c1-12-4-5-14(13(10-12)11-15(2)3)16-6-8-17-9-7-16/h4-5,10H,6-9,11H2,1-3H3. The summed E-state index contributed by atoms with van der Waals surface area (Å²) >= 11 is 0. The zero-order chi connectivity index (χ0) is 12.3. The Morgan fingerprint density at radius 2 is 1.94 bits per heavy atom. The highest BCUT2D eigenvalue weighted by molar-refractivity contribution is 5.55. The molecular weight excluding hydrogens is 212 g/mol. The highest BCUT2D eigenvalue weighted by atomic mass is 16.5. The van der Waals surface area contributed by atoms with E-state index in [2.05, 4.69) is 49.0 Å². The van der Waals surface area contributed by atoms with Gasteiger partial charge in [-0.2, -0.15) is 0 Å². The SMILES string of the molecule is Cc1ccc(N2CCOCC2)c(CN(C)C)c1. The Bertz CT molecular complexity index is 370. The summed E-state index contributed by atoms with van der Waals surface area (Å²) in [6, 6.07) is 6.74. The Balaban J connectivity index is 2.24. The quantitative estimate of drug-likeness (QED) is 0.794. The van der Waals surface area contributed by atoms with Gasteiger partial charge in [0.15, 0.2) is 0 Å². The summed E-state index contributed by atoms with van der Waals surface area (Å²) in [5.41, 5.74) is 4.11. The van der Waals surface area contributed by atoms with E-state index >= 15 is 0 Å². The fourth-order valence-corrected chi connectivity index (χ4v) is 2.29. The van der Waals surface area contributed by atoms with E-state index in [1.165, 1.54) is 16.8 Å². The van der Waals surface area contributed by atoms with Crippen LogP contribution in [0.5, 0.6) is 0 Å². The number of benzene rings is 1. The molecular formula is C14H22N2O. The van der Waals surface area contributed by atoms with Gasteiger partial charge in [0.2, 0.25) is 0 Å². The zero-order valence-corrected chi connectivity index (χ0v) is 11.1. The second-order valence-electron chi connectivity index (χ2n) is 4.97. The summed E-state index contributed by atoms with van der Waals surface area (Å²) in [4.78, 5) is 4.65. The third-order valence-electron chi connectivity index (χ3n) is 3.07. The molecule has 0 radical (unpaired) electrons. The maximum absolute atomic E-state index is 5.41. The molecule has 2 rings (SSSR count). The van der Waals surface area contributed by atoms with E-state index in [9.17, 15) is 0 Å². The second-order valence-corrected chi connectivity index (χ2v) is 4.97. The smallest absolute Gasteiger partial charge is 0.0642 e. The number of hydrogen-bond acceptors (Lipinski definition) is 3. The van der Waals surface area contributed by atoms with Crippen molar-refractivity contribution in [1.29, 1.82) is 0 Å². The van der Waals surface area contributed by atoms with Gasteiger partial charge < -0.3 is 14.5 Å². The van der Waals surface area contributed by atoms with E-state index in [1.807, 2.05) is 0 Å². The van der Waals surface area contributed by atoms with Crippen LogP contribution >= 0.6 is 0 Å². The number of anilines is 1. The van der Waals surface area contributed by atoms with E-state index in [0.29, 0.717) is 0 Å². The van der Waals surface area contributed by atoms with Crippen LogP contribution < -0.4 is 4.90 Å². The maximum Gasteiger partial charge on any atom is 0.0642 e. The van der Waals surface area contributed by atoms with Gasteiger partial charge in [-0.1, -0.05) is 17.7 Å². The van der Waals surface area contributed by atoms with Gasteiger partial charge in [-0.05, 0) is 32.6 Å². The van der Waals surface area contributed by atoms with Crippen LogP contribution in [0.2, 0.25) is 0 Å². The first kappa shape index (κ1) is 12.4. The number of hydrogen-bond donors (Lipinski definition) is 0. The molecule has 0 saturated carbocycles. The Labute approximate surface area is 104 Å². The molecule has 94 valence electrons. The van der Waals surface area contributed by atoms with Gasteiger partial charge in [-0.25, -0.2) is 0 Å². The average molecular weight is 234 g/mol. The van der Waals surface area contributed by atoms with E-state index in [1.54, 1.807) is 0 Å². The molecule has 0 N–H and O–H groups in total. The van der Waals surface area contributed by atoms with Crippen molar-refractivity contribution < 1.29 is 4.74 Å². The number of aryl methyl sites for hydroxylation is 1. The van der Waals surface area contributed by atoms with Gasteiger partial charge in [0.05, 0.1) is 13.2 Å². The summed E-state index contributed by atoms with van der Waals surface area (Å²) in [6.07, 6.45) is 0. The molecule has 1 fully saturated rings. The molecule has 0 amide bonds. The molecule has 0 unspecified atom stereocenters. The van der Waals surface area contributed by atoms with Crippen LogP contribution in [0.4, 0.5) is 5.69 Å². The van der Waals surface area contributed by atoms with Gasteiger partial charge in [0.25, 0.3) is 0 Å². The fourth-order valence-electron chi connectivity index (χ4n) is 2.29. The third kappa shape index (κ3) is 3.20. The molecule has 1 aromatic rings. The number of nitrogens with zero attached hydrogens (tertiary/aromatic N) is 2. The van der Waals surface area contributed by atoms with Crippen LogP contribution in [0.25, 0.3) is 0 Å². The summed E-state index contributed by atoms with van der Waals surface area (Å²) in [5, 5.41) is 0. The predicted molar refractivity (Wildman–Crippen MR) is 71.6 cm³/mol. The lowest BCUT2D eigenvalue weighted by Crippen LogP contribution is -2.37. The lowest BCUT2D eigenvalue weighted by atomic mass is 10.1. The van der Waals surface area contributed by atoms with Gasteiger partial charge in [0.1, 0.15) is 0 Å². The van der Waals surface area contributed by atoms with Crippen molar-refractivity contribution in [2.24, 2.45) is 0 Å². The van der Waals surface area contributed by atoms with Crippen molar-refractivity contribution in [2.75, 3.05) is 45.3 Å². The highest BCUT2D eigenvalue weighted by Gasteiger charge is 2.14. The first-order valence-electron chi connectivity index (χ1n) is 6.24. The minimum Gasteiger partial charge on any atom is -0.378 e. The van der Waals surface area contributed by atoms with E-state index in [-0.39, 0.29) is 0 Å². The topological polar surface area (TPSA) is 15.7 Å². The van der Waals surface area contributed by atoms with Crippen molar-refractivity contribution in [3.8, 4) is 0 Å². The molecule has 17 heavy (non-hydrogen) atoms. The summed E-state index contributed by atoms with van der Waals surface area (Å²) in [6.45, 7) is 6.84. The second kappa shape index (κ2) is 5.52. The molecule has 0 aromatic heterocycles. The molecule has 0 spiro atoms. The number of ether oxygens (including phenoxy) is 1. The summed E-state index contributed by atoms with van der Waals surface area (Å²) in [7, 11) is 4.23. The average Bonchev–Trinajstić information content (AvgIpc) is 2.29. The van der Waals surface area contributed by atoms with Crippen molar-refractivity contribution >= 4 is 5.69 Å². The van der Waals surface area contributed by atoms with Crippen molar-refractivity contribution in [2.45, 2.75) is 13.5 Å². The monoisotopic (exact) mass is 234 g/mol. The van der Waals surface area contributed by atoms with Crippen LogP contribution in [-0.4, -0.2) is 45.3 Å². The van der Waals surface area contributed by atoms with Crippen LogP contribution in [0.15, 0.2) is 18.2 Å². The Hall–Kier alpha value is -1.06. The normalized spacial score (nSPS) is 16.6. The molecule has 3 nitrogen and oxygen atoms in total. The van der Waals surface area contributed by atoms with Gasteiger partial charge in [0, 0.05) is 25.3 Å². The lowest BCUT2D eigenvalue weighted by molar-refractivity contribution is 0.122. The van der Waals surface area contributed by atoms with Gasteiger partial charge in [-0.3, -0.25) is 0 Å². The molecule has 1 heterocycles. The van der Waals surface area contributed by atoms with E-state index in [0.717, 1.165) is 32.8 Å². The molecule has 1 saturated heterocycles. The Morgan fingerprint density at radius 1 is 1.24 bits per heavy atom. The fraction of sp³-hybridized carbons (Fsp3) is 0.571. The minimum absolute atomic E-state index is 0.843. The number of rotatable bonds is 3. The Kier molecular flexibility index (Phi) is 4.02. The minimum atomic E-state index is 0.843. The summed E-state index contributed by atoms with van der Waals surface area (Å²) < 4.78 is 5.41. The molecule has 1 aliphatic heterocycles. The molecule has 1 aliphatic rings. The first-order chi connectivity index (χ1) is 8.16. The van der Waals surface area contributed by atoms with Crippen LogP contribution in [-0.2, 0) is 11.3 Å². The number of morpholine rings is 1. The van der Waals surface area contributed by atoms with Crippen LogP contribution in [0, 0.1) is 6.92 Å². The predicted octanol–water partition coefficient (Wildman–Crippen LogP) is 1.89. The van der Waals surface area contributed by atoms with Gasteiger partial charge >= 0.3 is 0 Å². The molecule has 0 bridgehead atoms. The van der Waals surface area contributed by atoms with Crippen LogP contribution in [0.3, 0.4) is 0 Å². The molecule has 0 atom stereocenters. The third-order valence-corrected chi connectivity index (χ3v) is 3.07. The molecule has 1 aromatic carbocycles. The Morgan fingerprint density at radius 3 is 2.59 bits per heavy atom. The van der Waals surface area contributed by atoms with E-state index < -0.39 is 0 Å². The van der Waals surface area contributed by atoms with E-state index in [4.69, 9.17) is 4.74 Å². The van der Waals surface area contributed by atoms with Crippen molar-refractivity contribution in [3.05, 3.63) is 29.3 Å². The largest absolute Gasteiger partial charge is 0.378 e. The lowest BCUT2D eigenvalue weighted by Gasteiger charge is -2.31. The maximum atomic E-state index is 5.41. The summed E-state index contributed by atoms with van der Waals surface area (Å²) in [5.74, 6) is 0.